The maximum atomic E-state index is 11.7. The van der Waals surface area contributed by atoms with Gasteiger partial charge in [0.25, 0.3) is 0 Å². The van der Waals surface area contributed by atoms with E-state index in [-0.39, 0.29) is 11.5 Å². The van der Waals surface area contributed by atoms with E-state index in [1.807, 2.05) is 0 Å². The zero-order valence-electron chi connectivity index (χ0n) is 13.0. The highest BCUT2D eigenvalue weighted by Gasteiger charge is 2.19. The van der Waals surface area contributed by atoms with E-state index in [2.05, 4.69) is 26.1 Å². The van der Waals surface area contributed by atoms with Gasteiger partial charge in [-0.1, -0.05) is 32.6 Å². The predicted molar refractivity (Wildman–Crippen MR) is 79.1 cm³/mol. The molecule has 3 nitrogen and oxygen atoms in total. The summed E-state index contributed by atoms with van der Waals surface area (Å²) >= 11 is 0. The maximum Gasteiger partial charge on any atom is 0.220 e. The fourth-order valence-corrected chi connectivity index (χ4v) is 2.60. The number of carbonyl (C=O) groups excluding carboxylic acids is 1. The van der Waals surface area contributed by atoms with Crippen molar-refractivity contribution in [2.75, 3.05) is 13.2 Å². The SMILES string of the molecule is CC1CCCC(C)(C)OCCCCCCNC(=O)C1. The van der Waals surface area contributed by atoms with E-state index in [1.165, 1.54) is 12.8 Å². The maximum absolute atomic E-state index is 11.7. The van der Waals surface area contributed by atoms with E-state index >= 15 is 0 Å². The topological polar surface area (TPSA) is 38.3 Å². The summed E-state index contributed by atoms with van der Waals surface area (Å²) in [6.45, 7) is 8.24. The van der Waals surface area contributed by atoms with Gasteiger partial charge in [0.2, 0.25) is 5.91 Å². The molecule has 1 heterocycles. The average molecular weight is 269 g/mol. The highest BCUT2D eigenvalue weighted by molar-refractivity contribution is 5.76. The number of carbonyl (C=O) groups is 1. The van der Waals surface area contributed by atoms with E-state index in [1.54, 1.807) is 0 Å². The monoisotopic (exact) mass is 269 g/mol. The Balaban J connectivity index is 2.41. The first-order valence-electron chi connectivity index (χ1n) is 7.90. The van der Waals surface area contributed by atoms with Crippen LogP contribution in [0.25, 0.3) is 0 Å². The number of rotatable bonds is 0. The smallest absolute Gasteiger partial charge is 0.220 e. The molecule has 0 aromatic carbocycles. The van der Waals surface area contributed by atoms with E-state index in [9.17, 15) is 4.79 Å². The lowest BCUT2D eigenvalue weighted by Gasteiger charge is -2.26. The minimum Gasteiger partial charge on any atom is -0.376 e. The number of hydrogen-bond donors (Lipinski definition) is 1. The van der Waals surface area contributed by atoms with Crippen LogP contribution in [0.5, 0.6) is 0 Å². The molecule has 0 radical (unpaired) electrons. The minimum atomic E-state index is -0.0117. The number of ether oxygens (including phenoxy) is 1. The number of nitrogens with one attached hydrogen (secondary N) is 1. The highest BCUT2D eigenvalue weighted by atomic mass is 16.5. The van der Waals surface area contributed by atoms with Crippen molar-refractivity contribution in [1.82, 2.24) is 5.32 Å². The van der Waals surface area contributed by atoms with E-state index in [4.69, 9.17) is 4.74 Å². The average Bonchev–Trinajstić information content (AvgIpc) is 2.31. The Bertz CT molecular complexity index is 263. The Kier molecular flexibility index (Phi) is 7.44. The standard InChI is InChI=1S/C16H31NO2/c1-14-9-8-10-16(2,3)19-12-7-5-4-6-11-17-15(18)13-14/h14H,4-13H2,1-3H3,(H,17,18). The molecule has 1 amide bonds. The summed E-state index contributed by atoms with van der Waals surface area (Å²) in [6, 6.07) is 0. The number of hydrogen-bond acceptors (Lipinski definition) is 2. The largest absolute Gasteiger partial charge is 0.376 e. The summed E-state index contributed by atoms with van der Waals surface area (Å²) in [7, 11) is 0. The third kappa shape index (κ3) is 8.25. The van der Waals surface area contributed by atoms with Crippen molar-refractivity contribution in [3.63, 3.8) is 0 Å². The van der Waals surface area contributed by atoms with Crippen LogP contribution < -0.4 is 5.32 Å². The van der Waals surface area contributed by atoms with Gasteiger partial charge in [-0.05, 0) is 39.0 Å². The molecule has 3 heteroatoms. The molecule has 0 aromatic rings. The quantitative estimate of drug-likeness (QED) is 0.728. The van der Waals surface area contributed by atoms with Crippen molar-refractivity contribution >= 4 is 5.91 Å². The molecule has 0 aliphatic carbocycles. The second-order valence-electron chi connectivity index (χ2n) is 6.57. The van der Waals surface area contributed by atoms with Crippen LogP contribution >= 0.6 is 0 Å². The van der Waals surface area contributed by atoms with Gasteiger partial charge < -0.3 is 10.1 Å². The molecule has 1 unspecified atom stereocenters. The minimum absolute atomic E-state index is 0.0117. The van der Waals surface area contributed by atoms with Gasteiger partial charge >= 0.3 is 0 Å². The van der Waals surface area contributed by atoms with Crippen LogP contribution in [-0.4, -0.2) is 24.7 Å². The normalized spacial score (nSPS) is 27.9. The third-order valence-corrected chi connectivity index (χ3v) is 3.90. The molecular formula is C16H31NO2. The van der Waals surface area contributed by atoms with Crippen molar-refractivity contribution in [1.29, 1.82) is 0 Å². The molecule has 112 valence electrons. The van der Waals surface area contributed by atoms with E-state index in [0.717, 1.165) is 45.3 Å². The van der Waals surface area contributed by atoms with Gasteiger partial charge in [0.15, 0.2) is 0 Å². The molecule has 1 N–H and O–H groups in total. The first-order valence-corrected chi connectivity index (χ1v) is 7.90. The van der Waals surface area contributed by atoms with Crippen molar-refractivity contribution in [3.8, 4) is 0 Å². The number of amides is 1. The zero-order chi connectivity index (χ0) is 14.1. The van der Waals surface area contributed by atoms with Crippen LogP contribution in [-0.2, 0) is 9.53 Å². The Morgan fingerprint density at radius 1 is 1.16 bits per heavy atom. The van der Waals surface area contributed by atoms with Gasteiger partial charge in [0, 0.05) is 19.6 Å². The lowest BCUT2D eigenvalue weighted by molar-refractivity contribution is -0.121. The van der Waals surface area contributed by atoms with E-state index in [0.29, 0.717) is 12.3 Å². The summed E-state index contributed by atoms with van der Waals surface area (Å²) in [5.74, 6) is 0.693. The second-order valence-corrected chi connectivity index (χ2v) is 6.57. The highest BCUT2D eigenvalue weighted by Crippen LogP contribution is 2.21. The van der Waals surface area contributed by atoms with Crippen molar-refractivity contribution in [3.05, 3.63) is 0 Å². The predicted octanol–water partition coefficient (Wildman–Crippen LogP) is 3.67. The molecule has 1 rings (SSSR count). The molecule has 1 aliphatic rings. The van der Waals surface area contributed by atoms with Crippen molar-refractivity contribution in [2.45, 2.75) is 77.7 Å². The van der Waals surface area contributed by atoms with Gasteiger partial charge in [-0.3, -0.25) is 4.79 Å². The van der Waals surface area contributed by atoms with E-state index < -0.39 is 0 Å². The van der Waals surface area contributed by atoms with Crippen molar-refractivity contribution in [2.24, 2.45) is 5.92 Å². The molecule has 0 bridgehead atoms. The van der Waals surface area contributed by atoms with Crippen molar-refractivity contribution < 1.29 is 9.53 Å². The fourth-order valence-electron chi connectivity index (χ4n) is 2.60. The van der Waals surface area contributed by atoms with Crippen LogP contribution in [0.2, 0.25) is 0 Å². The van der Waals surface area contributed by atoms with Crippen LogP contribution in [0.15, 0.2) is 0 Å². The molecule has 1 atom stereocenters. The summed E-state index contributed by atoms with van der Waals surface area (Å²) in [5, 5.41) is 3.03. The van der Waals surface area contributed by atoms with Gasteiger partial charge in [-0.25, -0.2) is 0 Å². The Morgan fingerprint density at radius 3 is 2.68 bits per heavy atom. The van der Waals surface area contributed by atoms with Crippen LogP contribution in [0.4, 0.5) is 0 Å². The fraction of sp³-hybridized carbons (Fsp3) is 0.938. The molecule has 0 spiro atoms. The third-order valence-electron chi connectivity index (χ3n) is 3.90. The zero-order valence-corrected chi connectivity index (χ0v) is 13.0. The first kappa shape index (κ1) is 16.5. The molecule has 1 saturated heterocycles. The summed E-state index contributed by atoms with van der Waals surface area (Å²) < 4.78 is 5.98. The molecule has 0 aromatic heterocycles. The van der Waals surface area contributed by atoms with Gasteiger partial charge in [0.1, 0.15) is 0 Å². The molecule has 19 heavy (non-hydrogen) atoms. The van der Waals surface area contributed by atoms with Gasteiger partial charge in [-0.15, -0.1) is 0 Å². The molecular weight excluding hydrogens is 238 g/mol. The van der Waals surface area contributed by atoms with Crippen LogP contribution in [0, 0.1) is 5.92 Å². The Morgan fingerprint density at radius 2 is 1.89 bits per heavy atom. The molecule has 0 saturated carbocycles. The summed E-state index contributed by atoms with van der Waals surface area (Å²) in [5.41, 5.74) is -0.0117. The Labute approximate surface area is 118 Å². The Hall–Kier alpha value is -0.570. The van der Waals surface area contributed by atoms with Gasteiger partial charge in [0.05, 0.1) is 5.60 Å². The van der Waals surface area contributed by atoms with Gasteiger partial charge in [-0.2, -0.15) is 0 Å². The lowest BCUT2D eigenvalue weighted by atomic mass is 9.95. The van der Waals surface area contributed by atoms with Crippen LogP contribution in [0.3, 0.4) is 0 Å². The molecule has 1 aliphatic heterocycles. The second kappa shape index (κ2) is 8.57. The molecule has 1 fully saturated rings. The summed E-state index contributed by atoms with van der Waals surface area (Å²) in [6.07, 6.45) is 8.60. The van der Waals surface area contributed by atoms with Crippen LogP contribution in [0.1, 0.15) is 72.1 Å². The lowest BCUT2D eigenvalue weighted by Crippen LogP contribution is -2.26. The first-order chi connectivity index (χ1) is 8.99. The summed E-state index contributed by atoms with van der Waals surface area (Å²) in [4.78, 5) is 11.7.